The highest BCUT2D eigenvalue weighted by Gasteiger charge is 2.36. The second-order valence-electron chi connectivity index (χ2n) is 5.58. The fourth-order valence-electron chi connectivity index (χ4n) is 2.86. The van der Waals surface area contributed by atoms with E-state index < -0.39 is 10.7 Å². The normalized spacial score (nSPS) is 18.2. The Labute approximate surface area is 137 Å². The molecule has 3 rings (SSSR count). The number of nitrogens with zero attached hydrogens (tertiary/aromatic N) is 5. The number of rotatable bonds is 3. The van der Waals surface area contributed by atoms with Crippen molar-refractivity contribution >= 4 is 23.2 Å². The van der Waals surface area contributed by atoms with Crippen molar-refractivity contribution < 1.29 is 9.77 Å². The maximum atomic E-state index is 12.7. The van der Waals surface area contributed by atoms with Gasteiger partial charge >= 0.3 is 11.6 Å². The summed E-state index contributed by atoms with van der Waals surface area (Å²) in [6.45, 7) is 2.57. The van der Waals surface area contributed by atoms with Crippen LogP contribution in [0.3, 0.4) is 0 Å². The van der Waals surface area contributed by atoms with E-state index in [2.05, 4.69) is 5.10 Å². The Kier molecular flexibility index (Phi) is 4.08. The Bertz CT molecular complexity index is 731. The van der Waals surface area contributed by atoms with Crippen LogP contribution in [-0.2, 0) is 0 Å². The van der Waals surface area contributed by atoms with Crippen molar-refractivity contribution in [2.45, 2.75) is 32.2 Å². The molecule has 1 saturated heterocycles. The van der Waals surface area contributed by atoms with E-state index in [9.17, 15) is 15.3 Å². The van der Waals surface area contributed by atoms with Crippen LogP contribution in [0, 0.1) is 15.3 Å². The average Bonchev–Trinajstić information content (AvgIpc) is 2.86. The zero-order valence-corrected chi connectivity index (χ0v) is 13.3. The smallest absolute Gasteiger partial charge is 0.428 e. The number of hydrogen-bond acceptors (Lipinski definition) is 5. The van der Waals surface area contributed by atoms with E-state index >= 15 is 0 Å². The first-order valence-corrected chi connectivity index (χ1v) is 7.76. The lowest BCUT2D eigenvalue weighted by molar-refractivity contribution is -0.677. The van der Waals surface area contributed by atoms with Gasteiger partial charge in [-0.05, 0) is 55.4 Å². The number of aromatic nitrogens is 3. The van der Waals surface area contributed by atoms with Gasteiger partial charge < -0.3 is 15.3 Å². The Balaban J connectivity index is 2.11. The van der Waals surface area contributed by atoms with Gasteiger partial charge in [0, 0.05) is 10.1 Å². The van der Waals surface area contributed by atoms with E-state index in [1.165, 1.54) is 0 Å². The molecule has 1 fully saturated rings. The third kappa shape index (κ3) is 2.81. The second-order valence-corrected chi connectivity index (χ2v) is 6.02. The molecule has 1 aliphatic rings. The SMILES string of the molecule is C[C@@H]1CCCCN1c1c([N+](=O)[O-])nn(-c2ccc(Cl)cc2)[n+]1[O-]. The molecule has 1 atom stereocenters. The molecule has 2 aromatic rings. The minimum atomic E-state index is -0.614. The summed E-state index contributed by atoms with van der Waals surface area (Å²) in [7, 11) is 0. The van der Waals surface area contributed by atoms with E-state index in [0.29, 0.717) is 22.1 Å². The van der Waals surface area contributed by atoms with Crippen LogP contribution in [0.4, 0.5) is 11.6 Å². The highest BCUT2D eigenvalue weighted by molar-refractivity contribution is 6.30. The molecule has 1 aromatic heterocycles. The third-order valence-corrected chi connectivity index (χ3v) is 4.30. The molecule has 0 N–H and O–H groups in total. The van der Waals surface area contributed by atoms with Crippen molar-refractivity contribution in [3.05, 3.63) is 44.6 Å². The zero-order chi connectivity index (χ0) is 16.6. The molecule has 0 aliphatic carbocycles. The molecular weight excluding hydrogens is 322 g/mol. The van der Waals surface area contributed by atoms with Crippen molar-refractivity contribution in [3.8, 4) is 5.69 Å². The van der Waals surface area contributed by atoms with Gasteiger partial charge in [-0.3, -0.25) is 4.90 Å². The fraction of sp³-hybridized carbons (Fsp3) is 0.429. The maximum absolute atomic E-state index is 12.7. The first-order valence-electron chi connectivity index (χ1n) is 7.39. The van der Waals surface area contributed by atoms with E-state index in [1.807, 2.05) is 6.92 Å². The molecule has 0 bridgehead atoms. The van der Waals surface area contributed by atoms with Crippen LogP contribution in [0.5, 0.6) is 0 Å². The van der Waals surface area contributed by atoms with E-state index in [0.717, 1.165) is 24.1 Å². The molecule has 0 radical (unpaired) electrons. The quantitative estimate of drug-likeness (QED) is 0.371. The Morgan fingerprint density at radius 2 is 2.04 bits per heavy atom. The molecule has 122 valence electrons. The van der Waals surface area contributed by atoms with Gasteiger partial charge in [0.15, 0.2) is 0 Å². The number of benzene rings is 1. The van der Waals surface area contributed by atoms with Crippen LogP contribution in [0.15, 0.2) is 24.3 Å². The number of halogens is 1. The van der Waals surface area contributed by atoms with Gasteiger partial charge in [0.05, 0.1) is 12.6 Å². The van der Waals surface area contributed by atoms with Gasteiger partial charge in [-0.1, -0.05) is 16.4 Å². The molecule has 23 heavy (non-hydrogen) atoms. The molecular formula is C14H16ClN5O3. The third-order valence-electron chi connectivity index (χ3n) is 4.05. The Morgan fingerprint density at radius 1 is 1.35 bits per heavy atom. The van der Waals surface area contributed by atoms with Crippen LogP contribution in [0.25, 0.3) is 5.69 Å². The molecule has 8 nitrogen and oxygen atoms in total. The fourth-order valence-corrected chi connectivity index (χ4v) is 2.98. The number of anilines is 1. The van der Waals surface area contributed by atoms with Crippen molar-refractivity contribution in [2.75, 3.05) is 11.4 Å². The number of hydrogen-bond donors (Lipinski definition) is 0. The summed E-state index contributed by atoms with van der Waals surface area (Å²) >= 11 is 5.84. The topological polar surface area (TPSA) is 91.1 Å². The number of nitro groups is 1. The summed E-state index contributed by atoms with van der Waals surface area (Å²) in [6.07, 6.45) is 2.84. The summed E-state index contributed by atoms with van der Waals surface area (Å²) in [5, 5.41) is 28.4. The van der Waals surface area contributed by atoms with E-state index in [4.69, 9.17) is 11.6 Å². The predicted molar refractivity (Wildman–Crippen MR) is 84.8 cm³/mol. The summed E-state index contributed by atoms with van der Waals surface area (Å²) < 4.78 is 0. The first kappa shape index (κ1) is 15.5. The monoisotopic (exact) mass is 337 g/mol. The lowest BCUT2D eigenvalue weighted by Crippen LogP contribution is -2.47. The van der Waals surface area contributed by atoms with Crippen LogP contribution in [-0.4, -0.2) is 27.4 Å². The molecule has 9 heteroatoms. The molecule has 2 heterocycles. The first-order chi connectivity index (χ1) is 11.0. The van der Waals surface area contributed by atoms with Crippen molar-refractivity contribution in [3.63, 3.8) is 0 Å². The highest BCUT2D eigenvalue weighted by atomic mass is 35.5. The van der Waals surface area contributed by atoms with Crippen LogP contribution < -0.4 is 9.75 Å². The number of piperidine rings is 1. The van der Waals surface area contributed by atoms with Gasteiger partial charge in [-0.2, -0.15) is 4.85 Å². The minimum absolute atomic E-state index is 0.00264. The molecule has 0 saturated carbocycles. The van der Waals surface area contributed by atoms with Gasteiger partial charge in [0.1, 0.15) is 5.69 Å². The summed E-state index contributed by atoms with van der Waals surface area (Å²) in [5.74, 6) is -0.430. The zero-order valence-electron chi connectivity index (χ0n) is 12.6. The lowest BCUT2D eigenvalue weighted by atomic mass is 10.0. The lowest BCUT2D eigenvalue weighted by Gasteiger charge is -2.30. The largest absolute Gasteiger partial charge is 0.723 e. The summed E-state index contributed by atoms with van der Waals surface area (Å²) in [5.41, 5.74) is 0.420. The van der Waals surface area contributed by atoms with Gasteiger partial charge in [0.2, 0.25) is 0 Å². The minimum Gasteiger partial charge on any atom is -0.723 e. The Morgan fingerprint density at radius 3 is 2.65 bits per heavy atom. The van der Waals surface area contributed by atoms with E-state index in [1.54, 1.807) is 29.2 Å². The molecule has 0 unspecified atom stereocenters. The maximum Gasteiger partial charge on any atom is 0.428 e. The second kappa shape index (κ2) is 6.04. The van der Waals surface area contributed by atoms with Crippen molar-refractivity contribution in [2.24, 2.45) is 0 Å². The highest BCUT2D eigenvalue weighted by Crippen LogP contribution is 2.29. The Hall–Kier alpha value is -2.35. The van der Waals surface area contributed by atoms with E-state index in [-0.39, 0.29) is 11.9 Å². The summed E-state index contributed by atoms with van der Waals surface area (Å²) in [4.78, 5) is 14.0. The molecule has 1 aliphatic heterocycles. The van der Waals surface area contributed by atoms with Gasteiger partial charge in [-0.25, -0.2) is 0 Å². The average molecular weight is 338 g/mol. The van der Waals surface area contributed by atoms with Crippen LogP contribution in [0.1, 0.15) is 26.2 Å². The van der Waals surface area contributed by atoms with Gasteiger partial charge in [-0.15, -0.1) is 0 Å². The molecule has 0 spiro atoms. The van der Waals surface area contributed by atoms with Crippen molar-refractivity contribution in [1.82, 2.24) is 9.90 Å². The molecule has 0 amide bonds. The summed E-state index contributed by atoms with van der Waals surface area (Å²) in [6, 6.07) is 6.46. The van der Waals surface area contributed by atoms with Gasteiger partial charge in [0.25, 0.3) is 0 Å². The standard InChI is InChI=1S/C14H16ClN5O3/c1-10-4-2-3-9-17(10)14-13(20(22)23)16-18(19(14)21)12-7-5-11(15)6-8-12/h5-8,10H,2-4,9H2,1H3/t10-/m1/s1. The van der Waals surface area contributed by atoms with Crippen LogP contribution in [0.2, 0.25) is 5.02 Å². The van der Waals surface area contributed by atoms with Crippen molar-refractivity contribution in [1.29, 1.82) is 0 Å². The molecule has 1 aromatic carbocycles. The van der Waals surface area contributed by atoms with Crippen LogP contribution >= 0.6 is 11.6 Å². The predicted octanol–water partition coefficient (Wildman–Crippen LogP) is 2.45.